The third kappa shape index (κ3) is 4.19. The zero-order valence-electron chi connectivity index (χ0n) is 9.67. The molecule has 94 valence electrons. The first-order chi connectivity index (χ1) is 8.08. The number of hydrogen-bond donors (Lipinski definition) is 2. The number of carbonyl (C=O) groups is 1. The fraction of sp³-hybridized carbons (Fsp3) is 0.417. The molecule has 0 saturated carbocycles. The Kier molecular flexibility index (Phi) is 5.75. The van der Waals surface area contributed by atoms with E-state index in [-0.39, 0.29) is 11.8 Å². The summed E-state index contributed by atoms with van der Waals surface area (Å²) in [6, 6.07) is 4.95. The molecular formula is C12H16Cl2N2O. The maximum absolute atomic E-state index is 11.9. The maximum atomic E-state index is 11.9. The Bertz CT molecular complexity index is 396. The fourth-order valence-corrected chi connectivity index (χ4v) is 1.87. The summed E-state index contributed by atoms with van der Waals surface area (Å²) < 4.78 is 0. The van der Waals surface area contributed by atoms with Gasteiger partial charge in [0, 0.05) is 11.6 Å². The predicted octanol–water partition coefficient (Wildman–Crippen LogP) is 3.31. The lowest BCUT2D eigenvalue weighted by atomic mass is 10.0. The molecule has 0 aromatic heterocycles. The van der Waals surface area contributed by atoms with Gasteiger partial charge in [-0.15, -0.1) is 0 Å². The summed E-state index contributed by atoms with van der Waals surface area (Å²) in [5, 5.41) is 3.75. The summed E-state index contributed by atoms with van der Waals surface area (Å²) in [6.07, 6.45) is 1.68. The molecule has 1 rings (SSSR count). The highest BCUT2D eigenvalue weighted by molar-refractivity contribution is 6.35. The quantitative estimate of drug-likeness (QED) is 0.866. The molecule has 0 aliphatic heterocycles. The molecule has 0 spiro atoms. The molecule has 0 saturated heterocycles. The summed E-state index contributed by atoms with van der Waals surface area (Å²) in [7, 11) is 0. The van der Waals surface area contributed by atoms with E-state index in [2.05, 4.69) is 5.32 Å². The van der Waals surface area contributed by atoms with Crippen molar-refractivity contribution in [3.63, 3.8) is 0 Å². The van der Waals surface area contributed by atoms with E-state index < -0.39 is 0 Å². The first kappa shape index (κ1) is 14.3. The van der Waals surface area contributed by atoms with Gasteiger partial charge in [-0.25, -0.2) is 0 Å². The Labute approximate surface area is 111 Å². The van der Waals surface area contributed by atoms with Crippen molar-refractivity contribution in [1.82, 2.24) is 0 Å². The molecule has 0 bridgehead atoms. The van der Waals surface area contributed by atoms with E-state index in [9.17, 15) is 4.79 Å². The van der Waals surface area contributed by atoms with Crippen LogP contribution in [0.15, 0.2) is 18.2 Å². The first-order valence-electron chi connectivity index (χ1n) is 5.54. The molecule has 0 aliphatic carbocycles. The van der Waals surface area contributed by atoms with Crippen LogP contribution in [0, 0.1) is 5.92 Å². The zero-order valence-corrected chi connectivity index (χ0v) is 11.2. The Morgan fingerprint density at radius 3 is 2.76 bits per heavy atom. The molecule has 17 heavy (non-hydrogen) atoms. The molecule has 1 unspecified atom stereocenters. The van der Waals surface area contributed by atoms with Crippen molar-refractivity contribution in [3.05, 3.63) is 28.2 Å². The first-order valence-corrected chi connectivity index (χ1v) is 6.30. The molecule has 0 heterocycles. The van der Waals surface area contributed by atoms with Gasteiger partial charge in [-0.1, -0.05) is 36.5 Å². The van der Waals surface area contributed by atoms with E-state index in [4.69, 9.17) is 28.9 Å². The van der Waals surface area contributed by atoms with E-state index in [1.165, 1.54) is 0 Å². The van der Waals surface area contributed by atoms with E-state index in [1.807, 2.05) is 6.92 Å². The van der Waals surface area contributed by atoms with Crippen LogP contribution in [0.4, 0.5) is 5.69 Å². The Balaban J connectivity index is 2.76. The minimum Gasteiger partial charge on any atom is -0.330 e. The summed E-state index contributed by atoms with van der Waals surface area (Å²) >= 11 is 11.8. The van der Waals surface area contributed by atoms with Crippen LogP contribution < -0.4 is 11.1 Å². The van der Waals surface area contributed by atoms with Crippen LogP contribution in [0.5, 0.6) is 0 Å². The number of anilines is 1. The third-order valence-corrected chi connectivity index (χ3v) is 3.04. The standard InChI is InChI=1S/C12H16Cl2N2O/c1-2-3-8(7-15)12(17)16-11-6-9(13)4-5-10(11)14/h4-6,8H,2-3,7,15H2,1H3,(H,16,17). The van der Waals surface area contributed by atoms with Gasteiger partial charge in [-0.3, -0.25) is 4.79 Å². The van der Waals surface area contributed by atoms with Gasteiger partial charge in [0.1, 0.15) is 0 Å². The van der Waals surface area contributed by atoms with Gasteiger partial charge in [0.05, 0.1) is 16.6 Å². The van der Waals surface area contributed by atoms with E-state index in [0.717, 1.165) is 12.8 Å². The molecular weight excluding hydrogens is 259 g/mol. The van der Waals surface area contributed by atoms with Crippen LogP contribution in [0.3, 0.4) is 0 Å². The lowest BCUT2D eigenvalue weighted by Crippen LogP contribution is -2.29. The van der Waals surface area contributed by atoms with Crippen molar-refractivity contribution in [2.45, 2.75) is 19.8 Å². The number of halogens is 2. The largest absolute Gasteiger partial charge is 0.330 e. The second-order valence-electron chi connectivity index (χ2n) is 3.83. The van der Waals surface area contributed by atoms with Gasteiger partial charge in [0.15, 0.2) is 0 Å². The van der Waals surface area contributed by atoms with Gasteiger partial charge in [-0.05, 0) is 24.6 Å². The van der Waals surface area contributed by atoms with Crippen LogP contribution >= 0.6 is 23.2 Å². The van der Waals surface area contributed by atoms with Gasteiger partial charge in [0.25, 0.3) is 0 Å². The van der Waals surface area contributed by atoms with Gasteiger partial charge in [-0.2, -0.15) is 0 Å². The Morgan fingerprint density at radius 2 is 2.18 bits per heavy atom. The molecule has 0 radical (unpaired) electrons. The Morgan fingerprint density at radius 1 is 1.47 bits per heavy atom. The highest BCUT2D eigenvalue weighted by atomic mass is 35.5. The molecule has 1 atom stereocenters. The number of amides is 1. The molecule has 1 aromatic rings. The van der Waals surface area contributed by atoms with Crippen LogP contribution in [-0.4, -0.2) is 12.5 Å². The fourth-order valence-electron chi connectivity index (χ4n) is 1.53. The van der Waals surface area contributed by atoms with E-state index in [1.54, 1.807) is 18.2 Å². The van der Waals surface area contributed by atoms with Crippen LogP contribution in [-0.2, 0) is 4.79 Å². The summed E-state index contributed by atoms with van der Waals surface area (Å²) in [5.74, 6) is -0.298. The summed E-state index contributed by atoms with van der Waals surface area (Å²) in [5.41, 5.74) is 6.09. The number of carbonyl (C=O) groups excluding carboxylic acids is 1. The third-order valence-electron chi connectivity index (χ3n) is 2.48. The molecule has 1 amide bonds. The smallest absolute Gasteiger partial charge is 0.228 e. The van der Waals surface area contributed by atoms with Crippen molar-refractivity contribution in [3.8, 4) is 0 Å². The van der Waals surface area contributed by atoms with Crippen molar-refractivity contribution < 1.29 is 4.79 Å². The second-order valence-corrected chi connectivity index (χ2v) is 4.68. The number of rotatable bonds is 5. The molecule has 0 aliphatic rings. The summed E-state index contributed by atoms with van der Waals surface area (Å²) in [6.45, 7) is 2.35. The van der Waals surface area contributed by atoms with Gasteiger partial charge < -0.3 is 11.1 Å². The van der Waals surface area contributed by atoms with Crippen molar-refractivity contribution in [2.75, 3.05) is 11.9 Å². The van der Waals surface area contributed by atoms with Crippen LogP contribution in [0.25, 0.3) is 0 Å². The lowest BCUT2D eigenvalue weighted by molar-refractivity contribution is -0.119. The predicted molar refractivity (Wildman–Crippen MR) is 72.5 cm³/mol. The maximum Gasteiger partial charge on any atom is 0.228 e. The normalized spacial score (nSPS) is 12.2. The van der Waals surface area contributed by atoms with Crippen molar-refractivity contribution >= 4 is 34.8 Å². The monoisotopic (exact) mass is 274 g/mol. The van der Waals surface area contributed by atoms with Gasteiger partial charge in [0.2, 0.25) is 5.91 Å². The van der Waals surface area contributed by atoms with Gasteiger partial charge >= 0.3 is 0 Å². The molecule has 1 aromatic carbocycles. The number of nitrogens with two attached hydrogens (primary N) is 1. The van der Waals surface area contributed by atoms with Crippen LogP contribution in [0.1, 0.15) is 19.8 Å². The topological polar surface area (TPSA) is 55.1 Å². The number of benzene rings is 1. The number of hydrogen-bond acceptors (Lipinski definition) is 2. The SMILES string of the molecule is CCCC(CN)C(=O)Nc1cc(Cl)ccc1Cl. The molecule has 5 heteroatoms. The average Bonchev–Trinajstić information content (AvgIpc) is 2.30. The highest BCUT2D eigenvalue weighted by Crippen LogP contribution is 2.26. The van der Waals surface area contributed by atoms with Crippen LogP contribution in [0.2, 0.25) is 10.0 Å². The lowest BCUT2D eigenvalue weighted by Gasteiger charge is -2.14. The van der Waals surface area contributed by atoms with E-state index >= 15 is 0 Å². The number of nitrogens with one attached hydrogen (secondary N) is 1. The van der Waals surface area contributed by atoms with Crippen molar-refractivity contribution in [1.29, 1.82) is 0 Å². The molecule has 0 fully saturated rings. The highest BCUT2D eigenvalue weighted by Gasteiger charge is 2.16. The summed E-state index contributed by atoms with van der Waals surface area (Å²) in [4.78, 5) is 11.9. The second kappa shape index (κ2) is 6.84. The minimum absolute atomic E-state index is 0.112. The zero-order chi connectivity index (χ0) is 12.8. The minimum atomic E-state index is -0.185. The molecule has 3 nitrogen and oxygen atoms in total. The Hall–Kier alpha value is -0.770. The molecule has 3 N–H and O–H groups in total. The average molecular weight is 275 g/mol. The van der Waals surface area contributed by atoms with Crippen molar-refractivity contribution in [2.24, 2.45) is 11.7 Å². The van der Waals surface area contributed by atoms with E-state index in [0.29, 0.717) is 22.3 Å².